The predicted octanol–water partition coefficient (Wildman–Crippen LogP) is 2.76. The molecule has 3 heteroatoms. The number of nitrogens with zero attached hydrogens (tertiary/aromatic N) is 1. The molecule has 78 valence electrons. The van der Waals surface area contributed by atoms with E-state index < -0.39 is 0 Å². The molecule has 0 aliphatic carbocycles. The van der Waals surface area contributed by atoms with Gasteiger partial charge in [-0.1, -0.05) is 26.0 Å². The first kappa shape index (κ1) is 9.90. The van der Waals surface area contributed by atoms with E-state index in [1.807, 2.05) is 24.3 Å². The highest BCUT2D eigenvalue weighted by Crippen LogP contribution is 2.28. The van der Waals surface area contributed by atoms with Gasteiger partial charge in [0.25, 0.3) is 0 Å². The molecule has 1 amide bonds. The lowest BCUT2D eigenvalue weighted by atomic mass is 10.1. The number of rotatable bonds is 1. The Morgan fingerprint density at radius 2 is 2.07 bits per heavy atom. The molecule has 0 saturated carbocycles. The van der Waals surface area contributed by atoms with Crippen LogP contribution in [0.15, 0.2) is 29.3 Å². The van der Waals surface area contributed by atoms with Crippen LogP contribution in [0, 0.1) is 5.92 Å². The van der Waals surface area contributed by atoms with Crippen LogP contribution in [0.3, 0.4) is 0 Å². The molecule has 0 spiro atoms. The number of aliphatic imine (C=N–C) groups is 1. The van der Waals surface area contributed by atoms with Crippen LogP contribution in [-0.2, 0) is 4.79 Å². The summed E-state index contributed by atoms with van der Waals surface area (Å²) in [5, 5.41) is 2.85. The molecule has 0 unspecified atom stereocenters. The number of fused-ring (bicyclic) bond motifs is 1. The lowest BCUT2D eigenvalue weighted by Crippen LogP contribution is -2.17. The van der Waals surface area contributed by atoms with Crippen LogP contribution in [0.2, 0.25) is 0 Å². The number of para-hydroxylation sites is 2. The summed E-state index contributed by atoms with van der Waals surface area (Å²) >= 11 is 0. The van der Waals surface area contributed by atoms with Crippen molar-refractivity contribution in [1.29, 1.82) is 0 Å². The Hall–Kier alpha value is -1.64. The highest BCUT2D eigenvalue weighted by atomic mass is 16.1. The van der Waals surface area contributed by atoms with Crippen LogP contribution >= 0.6 is 0 Å². The molecule has 0 saturated heterocycles. The Morgan fingerprint density at radius 3 is 2.80 bits per heavy atom. The molecule has 1 heterocycles. The van der Waals surface area contributed by atoms with E-state index in [4.69, 9.17) is 0 Å². The Labute approximate surface area is 89.2 Å². The topological polar surface area (TPSA) is 41.5 Å². The summed E-state index contributed by atoms with van der Waals surface area (Å²) in [6.07, 6.45) is 0.395. The highest BCUT2D eigenvalue weighted by molar-refractivity contribution is 6.11. The second-order valence-corrected chi connectivity index (χ2v) is 4.00. The SMILES string of the molecule is CC(C)C1=Nc2ccccc2NC(=O)C1. The molecule has 0 bridgehead atoms. The number of hydrogen-bond acceptors (Lipinski definition) is 2. The van der Waals surface area contributed by atoms with Crippen molar-refractivity contribution in [3.05, 3.63) is 24.3 Å². The normalized spacial score (nSPS) is 15.4. The van der Waals surface area contributed by atoms with Crippen molar-refractivity contribution in [3.8, 4) is 0 Å². The van der Waals surface area contributed by atoms with Crippen LogP contribution in [0.25, 0.3) is 0 Å². The summed E-state index contributed by atoms with van der Waals surface area (Å²) in [6.45, 7) is 4.11. The summed E-state index contributed by atoms with van der Waals surface area (Å²) in [4.78, 5) is 16.1. The van der Waals surface area contributed by atoms with Gasteiger partial charge in [-0.2, -0.15) is 0 Å². The zero-order valence-electron chi connectivity index (χ0n) is 8.95. The minimum Gasteiger partial charge on any atom is -0.324 e. The fraction of sp³-hybridized carbons (Fsp3) is 0.333. The van der Waals surface area contributed by atoms with E-state index in [0.717, 1.165) is 17.1 Å². The van der Waals surface area contributed by atoms with E-state index in [1.54, 1.807) is 0 Å². The second kappa shape index (κ2) is 3.85. The van der Waals surface area contributed by atoms with Crippen LogP contribution in [-0.4, -0.2) is 11.6 Å². The van der Waals surface area contributed by atoms with Gasteiger partial charge in [0.05, 0.1) is 17.8 Å². The monoisotopic (exact) mass is 202 g/mol. The fourth-order valence-corrected chi connectivity index (χ4v) is 1.56. The molecule has 3 nitrogen and oxygen atoms in total. The number of carbonyl (C=O) groups excluding carboxylic acids is 1. The summed E-state index contributed by atoms with van der Waals surface area (Å²) in [5.74, 6) is 0.328. The lowest BCUT2D eigenvalue weighted by Gasteiger charge is -2.05. The number of amides is 1. The molecule has 1 aliphatic heterocycles. The third kappa shape index (κ3) is 2.06. The standard InChI is InChI=1S/C12H14N2O/c1-8(2)11-7-12(15)14-10-6-4-3-5-9(10)13-11/h3-6,8H,7H2,1-2H3,(H,14,15). The van der Waals surface area contributed by atoms with Crippen molar-refractivity contribution in [1.82, 2.24) is 0 Å². The van der Waals surface area contributed by atoms with Crippen molar-refractivity contribution in [2.24, 2.45) is 10.9 Å². The molecule has 15 heavy (non-hydrogen) atoms. The van der Waals surface area contributed by atoms with E-state index in [0.29, 0.717) is 12.3 Å². The maximum absolute atomic E-state index is 11.6. The van der Waals surface area contributed by atoms with Gasteiger partial charge in [0.15, 0.2) is 0 Å². The fourth-order valence-electron chi connectivity index (χ4n) is 1.56. The van der Waals surface area contributed by atoms with Crippen molar-refractivity contribution < 1.29 is 4.79 Å². The van der Waals surface area contributed by atoms with E-state index in [-0.39, 0.29) is 5.91 Å². The quantitative estimate of drug-likeness (QED) is 0.747. The van der Waals surface area contributed by atoms with Gasteiger partial charge >= 0.3 is 0 Å². The highest BCUT2D eigenvalue weighted by Gasteiger charge is 2.16. The van der Waals surface area contributed by atoms with Crippen LogP contribution < -0.4 is 5.32 Å². The van der Waals surface area contributed by atoms with Crippen LogP contribution in [0.1, 0.15) is 20.3 Å². The molecule has 0 fully saturated rings. The smallest absolute Gasteiger partial charge is 0.230 e. The van der Waals surface area contributed by atoms with Gasteiger partial charge in [-0.15, -0.1) is 0 Å². The molecule has 1 N–H and O–H groups in total. The van der Waals surface area contributed by atoms with Crippen molar-refractivity contribution in [3.63, 3.8) is 0 Å². The second-order valence-electron chi connectivity index (χ2n) is 4.00. The van der Waals surface area contributed by atoms with E-state index in [9.17, 15) is 4.79 Å². The summed E-state index contributed by atoms with van der Waals surface area (Å²) in [5.41, 5.74) is 2.60. The van der Waals surface area contributed by atoms with E-state index in [2.05, 4.69) is 24.2 Å². The third-order valence-electron chi connectivity index (χ3n) is 2.45. The number of carbonyl (C=O) groups is 1. The molecule has 0 radical (unpaired) electrons. The molecule has 1 aliphatic rings. The zero-order chi connectivity index (χ0) is 10.8. The molecular formula is C12H14N2O. The lowest BCUT2D eigenvalue weighted by molar-refractivity contribution is -0.115. The largest absolute Gasteiger partial charge is 0.324 e. The first-order valence-corrected chi connectivity index (χ1v) is 5.13. The first-order valence-electron chi connectivity index (χ1n) is 5.13. The summed E-state index contributed by atoms with van der Waals surface area (Å²) in [6, 6.07) is 7.62. The van der Waals surface area contributed by atoms with E-state index >= 15 is 0 Å². The molecule has 0 atom stereocenters. The summed E-state index contributed by atoms with van der Waals surface area (Å²) in [7, 11) is 0. The average Bonchev–Trinajstić information content (AvgIpc) is 2.35. The van der Waals surface area contributed by atoms with E-state index in [1.165, 1.54) is 0 Å². The predicted molar refractivity (Wildman–Crippen MR) is 61.6 cm³/mol. The maximum Gasteiger partial charge on any atom is 0.230 e. The Morgan fingerprint density at radius 1 is 1.33 bits per heavy atom. The average molecular weight is 202 g/mol. The molecule has 0 aromatic heterocycles. The van der Waals surface area contributed by atoms with Gasteiger partial charge in [-0.25, -0.2) is 0 Å². The van der Waals surface area contributed by atoms with Gasteiger partial charge in [0.1, 0.15) is 0 Å². The molecule has 1 aromatic rings. The molecule has 2 rings (SSSR count). The van der Waals surface area contributed by atoms with Gasteiger partial charge < -0.3 is 5.32 Å². The molecular weight excluding hydrogens is 188 g/mol. The molecule has 1 aromatic carbocycles. The minimum atomic E-state index is 0.0207. The number of hydrogen-bond donors (Lipinski definition) is 1. The van der Waals surface area contributed by atoms with Gasteiger partial charge in [0.2, 0.25) is 5.91 Å². The Balaban J connectivity index is 2.47. The van der Waals surface area contributed by atoms with Crippen LogP contribution in [0.4, 0.5) is 11.4 Å². The Kier molecular flexibility index (Phi) is 2.54. The van der Waals surface area contributed by atoms with Crippen molar-refractivity contribution in [2.75, 3.05) is 5.32 Å². The van der Waals surface area contributed by atoms with Crippen LogP contribution in [0.5, 0.6) is 0 Å². The van der Waals surface area contributed by atoms with Crippen molar-refractivity contribution >= 4 is 23.0 Å². The van der Waals surface area contributed by atoms with Gasteiger partial charge in [-0.05, 0) is 18.1 Å². The number of benzene rings is 1. The summed E-state index contributed by atoms with van der Waals surface area (Å²) < 4.78 is 0. The zero-order valence-corrected chi connectivity index (χ0v) is 8.95. The minimum absolute atomic E-state index is 0.0207. The third-order valence-corrected chi connectivity index (χ3v) is 2.45. The maximum atomic E-state index is 11.6. The number of anilines is 1. The number of nitrogens with one attached hydrogen (secondary N) is 1. The first-order chi connectivity index (χ1) is 7.16. The Bertz CT molecular complexity index is 421. The van der Waals surface area contributed by atoms with Crippen molar-refractivity contribution in [2.45, 2.75) is 20.3 Å². The van der Waals surface area contributed by atoms with Gasteiger partial charge in [0, 0.05) is 5.71 Å². The van der Waals surface area contributed by atoms with Gasteiger partial charge in [-0.3, -0.25) is 9.79 Å².